The number of carbonyl (C=O) groups excluding carboxylic acids is 1. The van der Waals surface area contributed by atoms with Crippen molar-refractivity contribution in [2.75, 3.05) is 13.1 Å². The summed E-state index contributed by atoms with van der Waals surface area (Å²) in [4.78, 5) is 11.5. The fraction of sp³-hybridized carbons (Fsp3) is 0.500. The van der Waals surface area contributed by atoms with Crippen LogP contribution in [0.4, 0.5) is 0 Å². The summed E-state index contributed by atoms with van der Waals surface area (Å²) in [7, 11) is 0. The fourth-order valence-electron chi connectivity index (χ4n) is 1.57. The molecule has 1 N–H and O–H groups in total. The van der Waals surface area contributed by atoms with E-state index in [0.717, 1.165) is 12.1 Å². The van der Waals surface area contributed by atoms with Crippen LogP contribution in [-0.2, 0) is 11.2 Å². The second-order valence-electron chi connectivity index (χ2n) is 4.39. The third-order valence-electron chi connectivity index (χ3n) is 2.62. The summed E-state index contributed by atoms with van der Waals surface area (Å²) in [6, 6.07) is 8.33. The van der Waals surface area contributed by atoms with Crippen LogP contribution in [0.25, 0.3) is 0 Å². The van der Waals surface area contributed by atoms with Gasteiger partial charge in [0, 0.05) is 6.42 Å². The summed E-state index contributed by atoms with van der Waals surface area (Å²) in [5, 5.41) is 3.05. The van der Waals surface area contributed by atoms with Crippen molar-refractivity contribution >= 4 is 5.78 Å². The molecular weight excluding hydrogens is 198 g/mol. The zero-order valence-corrected chi connectivity index (χ0v) is 10.4. The topological polar surface area (TPSA) is 29.1 Å². The van der Waals surface area contributed by atoms with Crippen molar-refractivity contribution in [3.63, 3.8) is 0 Å². The summed E-state index contributed by atoms with van der Waals surface area (Å²) in [6.07, 6.45) is 0.533. The Hall–Kier alpha value is -1.15. The van der Waals surface area contributed by atoms with Crippen LogP contribution >= 0.6 is 0 Å². The summed E-state index contributed by atoms with van der Waals surface area (Å²) in [6.45, 7) is 7.67. The van der Waals surface area contributed by atoms with Crippen LogP contribution in [0.1, 0.15) is 37.8 Å². The quantitative estimate of drug-likeness (QED) is 0.796. The van der Waals surface area contributed by atoms with Crippen molar-refractivity contribution in [2.24, 2.45) is 0 Å². The smallest absolute Gasteiger partial charge is 0.150 e. The van der Waals surface area contributed by atoms with Gasteiger partial charge in [-0.2, -0.15) is 0 Å². The van der Waals surface area contributed by atoms with Crippen LogP contribution in [0.15, 0.2) is 24.3 Å². The first-order chi connectivity index (χ1) is 7.63. The molecule has 0 radical (unpaired) electrons. The molecule has 0 fully saturated rings. The summed E-state index contributed by atoms with van der Waals surface area (Å²) >= 11 is 0. The molecule has 1 aromatic carbocycles. The van der Waals surface area contributed by atoms with Crippen molar-refractivity contribution in [1.82, 2.24) is 5.32 Å². The maximum absolute atomic E-state index is 11.5. The molecule has 1 aromatic rings. The third kappa shape index (κ3) is 4.15. The first kappa shape index (κ1) is 12.9. The van der Waals surface area contributed by atoms with E-state index in [9.17, 15) is 4.79 Å². The molecule has 0 unspecified atom stereocenters. The lowest BCUT2D eigenvalue weighted by atomic mass is 10.00. The molecule has 2 nitrogen and oxygen atoms in total. The van der Waals surface area contributed by atoms with E-state index in [1.165, 1.54) is 5.56 Å². The zero-order chi connectivity index (χ0) is 12.0. The van der Waals surface area contributed by atoms with E-state index in [0.29, 0.717) is 18.9 Å². The van der Waals surface area contributed by atoms with Crippen molar-refractivity contribution in [2.45, 2.75) is 33.1 Å². The van der Waals surface area contributed by atoms with Gasteiger partial charge in [-0.15, -0.1) is 0 Å². The molecule has 16 heavy (non-hydrogen) atoms. The molecule has 0 heterocycles. The van der Waals surface area contributed by atoms with Crippen molar-refractivity contribution in [1.29, 1.82) is 0 Å². The van der Waals surface area contributed by atoms with Crippen molar-refractivity contribution in [3.05, 3.63) is 35.4 Å². The number of hydrogen-bond acceptors (Lipinski definition) is 2. The third-order valence-corrected chi connectivity index (χ3v) is 2.62. The fourth-order valence-corrected chi connectivity index (χ4v) is 1.57. The second kappa shape index (κ2) is 6.44. The minimum atomic E-state index is 0.249. The molecule has 0 bridgehead atoms. The van der Waals surface area contributed by atoms with Crippen LogP contribution in [0.5, 0.6) is 0 Å². The minimum Gasteiger partial charge on any atom is -0.310 e. The number of ketones is 1. The van der Waals surface area contributed by atoms with Crippen LogP contribution in [0, 0.1) is 0 Å². The molecule has 0 saturated heterocycles. The van der Waals surface area contributed by atoms with Gasteiger partial charge in [0.1, 0.15) is 0 Å². The molecule has 0 amide bonds. The number of rotatable bonds is 6. The lowest BCUT2D eigenvalue weighted by Gasteiger charge is -2.06. The molecule has 0 spiro atoms. The Kier molecular flexibility index (Phi) is 5.20. The van der Waals surface area contributed by atoms with Gasteiger partial charge in [0.25, 0.3) is 0 Å². The van der Waals surface area contributed by atoms with Gasteiger partial charge >= 0.3 is 0 Å². The van der Waals surface area contributed by atoms with Gasteiger partial charge in [-0.25, -0.2) is 0 Å². The van der Waals surface area contributed by atoms with E-state index in [1.807, 2.05) is 6.92 Å². The highest BCUT2D eigenvalue weighted by Gasteiger charge is 2.03. The van der Waals surface area contributed by atoms with Crippen molar-refractivity contribution < 1.29 is 4.79 Å². The number of nitrogens with one attached hydrogen (secondary N) is 1. The van der Waals surface area contributed by atoms with Crippen LogP contribution in [0.3, 0.4) is 0 Å². The Balaban J connectivity index is 2.51. The van der Waals surface area contributed by atoms with E-state index in [1.54, 1.807) is 0 Å². The summed E-state index contributed by atoms with van der Waals surface area (Å²) in [5.41, 5.74) is 2.43. The monoisotopic (exact) mass is 219 g/mol. The molecule has 1 rings (SSSR count). The van der Waals surface area contributed by atoms with Crippen molar-refractivity contribution in [3.8, 4) is 0 Å². The SMILES string of the molecule is CCNCC(=O)Cc1ccc(C(C)C)cc1. The largest absolute Gasteiger partial charge is 0.310 e. The summed E-state index contributed by atoms with van der Waals surface area (Å²) < 4.78 is 0. The summed E-state index contributed by atoms with van der Waals surface area (Å²) in [5.74, 6) is 0.797. The number of Topliss-reactive ketones (excluding diaryl/α,β-unsaturated/α-hetero) is 1. The Morgan fingerprint density at radius 3 is 2.38 bits per heavy atom. The van der Waals surface area contributed by atoms with E-state index < -0.39 is 0 Å². The normalized spacial score (nSPS) is 10.8. The molecule has 0 aromatic heterocycles. The lowest BCUT2D eigenvalue weighted by Crippen LogP contribution is -2.23. The molecule has 0 aliphatic carbocycles. The molecule has 88 valence electrons. The van der Waals surface area contributed by atoms with E-state index in [4.69, 9.17) is 0 Å². The lowest BCUT2D eigenvalue weighted by molar-refractivity contribution is -0.117. The van der Waals surface area contributed by atoms with Gasteiger partial charge in [-0.3, -0.25) is 4.79 Å². The Morgan fingerprint density at radius 2 is 1.88 bits per heavy atom. The Morgan fingerprint density at radius 1 is 1.25 bits per heavy atom. The first-order valence-corrected chi connectivity index (χ1v) is 5.94. The Bertz CT molecular complexity index is 327. The number of hydrogen-bond donors (Lipinski definition) is 1. The standard InChI is InChI=1S/C14H21NO/c1-4-15-10-14(16)9-12-5-7-13(8-6-12)11(2)3/h5-8,11,15H,4,9-10H2,1-3H3. The van der Waals surface area contributed by atoms with E-state index in [-0.39, 0.29) is 5.78 Å². The van der Waals surface area contributed by atoms with Gasteiger partial charge < -0.3 is 5.32 Å². The highest BCUT2D eigenvalue weighted by molar-refractivity contribution is 5.82. The zero-order valence-electron chi connectivity index (χ0n) is 10.4. The van der Waals surface area contributed by atoms with Gasteiger partial charge in [0.05, 0.1) is 6.54 Å². The molecule has 0 atom stereocenters. The highest BCUT2D eigenvalue weighted by atomic mass is 16.1. The highest BCUT2D eigenvalue weighted by Crippen LogP contribution is 2.14. The molecule has 0 aliphatic rings. The molecule has 2 heteroatoms. The van der Waals surface area contributed by atoms with Gasteiger partial charge in [-0.1, -0.05) is 45.0 Å². The van der Waals surface area contributed by atoms with Gasteiger partial charge in [0.2, 0.25) is 0 Å². The van der Waals surface area contributed by atoms with Crippen LogP contribution < -0.4 is 5.32 Å². The van der Waals surface area contributed by atoms with E-state index >= 15 is 0 Å². The maximum Gasteiger partial charge on any atom is 0.150 e. The average molecular weight is 219 g/mol. The second-order valence-corrected chi connectivity index (χ2v) is 4.39. The maximum atomic E-state index is 11.5. The number of carbonyl (C=O) groups is 1. The minimum absolute atomic E-state index is 0.249. The van der Waals surface area contributed by atoms with Crippen LogP contribution in [0.2, 0.25) is 0 Å². The number of benzene rings is 1. The number of likely N-dealkylation sites (N-methyl/N-ethyl adjacent to an activating group) is 1. The molecule has 0 aliphatic heterocycles. The van der Waals surface area contributed by atoms with E-state index in [2.05, 4.69) is 43.4 Å². The molecular formula is C14H21NO. The van der Waals surface area contributed by atoms with Gasteiger partial charge in [-0.05, 0) is 23.6 Å². The van der Waals surface area contributed by atoms with Crippen LogP contribution in [-0.4, -0.2) is 18.9 Å². The first-order valence-electron chi connectivity index (χ1n) is 5.94. The average Bonchev–Trinajstić information content (AvgIpc) is 2.27. The predicted molar refractivity (Wildman–Crippen MR) is 67.8 cm³/mol. The van der Waals surface area contributed by atoms with Gasteiger partial charge in [0.15, 0.2) is 5.78 Å². The predicted octanol–water partition coefficient (Wildman–Crippen LogP) is 2.53. The molecule has 0 saturated carbocycles. The Labute approximate surface area is 98.1 Å².